The minimum Gasteiger partial charge on any atom is -0.142 e. The highest BCUT2D eigenvalue weighted by molar-refractivity contribution is 7.33. The van der Waals surface area contributed by atoms with Crippen LogP contribution in [0.4, 0.5) is 0 Å². The summed E-state index contributed by atoms with van der Waals surface area (Å²) in [5.41, 5.74) is 19.7. The van der Waals surface area contributed by atoms with Gasteiger partial charge in [-0.15, -0.1) is 125 Å². The molecule has 0 nitrogen and oxygen atoms in total. The molecule has 0 aliphatic carbocycles. The van der Waals surface area contributed by atoms with Crippen molar-refractivity contribution in [3.8, 4) is 97.5 Å². The van der Waals surface area contributed by atoms with Gasteiger partial charge in [0.25, 0.3) is 0 Å². The average molecular weight is 1580 g/mol. The monoisotopic (exact) mass is 1580 g/mol. The second-order valence-corrected chi connectivity index (χ2v) is 40.3. The van der Waals surface area contributed by atoms with E-state index in [1.54, 1.807) is 116 Å². The van der Waals surface area contributed by atoms with E-state index in [4.69, 9.17) is 0 Å². The number of aryl methyl sites for hydroxylation is 2. The summed E-state index contributed by atoms with van der Waals surface area (Å²) < 4.78 is 0. The minimum atomic E-state index is 1.15. The van der Waals surface area contributed by atoms with Gasteiger partial charge in [-0.25, -0.2) is 0 Å². The molecule has 0 fully saturated rings. The number of hydrogen-bond donors (Lipinski definition) is 0. The number of unbranched alkanes of at least 4 members (excludes halogenated alkanes) is 12. The van der Waals surface area contributed by atoms with Crippen molar-refractivity contribution in [1.29, 1.82) is 0 Å². The molecule has 0 radical (unpaired) electrons. The lowest BCUT2D eigenvalue weighted by atomic mass is 9.97. The van der Waals surface area contributed by atoms with Crippen LogP contribution in [0.25, 0.3) is 97.5 Å². The lowest BCUT2D eigenvalue weighted by molar-refractivity contribution is 0.763. The highest BCUT2D eigenvalue weighted by atomic mass is 32.1. The summed E-state index contributed by atoms with van der Waals surface area (Å²) in [7, 11) is 0. The summed E-state index contributed by atoms with van der Waals surface area (Å²) in [4.78, 5) is 30.2. The molecule has 0 bridgehead atoms. The number of rotatable bonds is 46. The van der Waals surface area contributed by atoms with E-state index in [2.05, 4.69) is 257 Å². The molecule has 0 aliphatic heterocycles. The highest BCUT2D eigenvalue weighted by Gasteiger charge is 2.30. The minimum absolute atomic E-state index is 1.15. The predicted molar refractivity (Wildman–Crippen MR) is 481 cm³/mol. The van der Waals surface area contributed by atoms with Crippen molar-refractivity contribution in [3.63, 3.8) is 0 Å². The van der Waals surface area contributed by atoms with E-state index in [1.807, 2.05) is 22.7 Å². The van der Waals surface area contributed by atoms with Gasteiger partial charge in [0.15, 0.2) is 0 Å². The zero-order valence-corrected chi connectivity index (χ0v) is 73.9. The second kappa shape index (κ2) is 40.9. The summed E-state index contributed by atoms with van der Waals surface area (Å²) in [6.07, 6.45) is 43.7. The molecule has 554 valence electrons. The molecule has 0 N–H and O–H groups in total. The van der Waals surface area contributed by atoms with Crippen LogP contribution in [0, 0.1) is 0 Å². The molecular weight excluding hydrogens is 1460 g/mol. The molecule has 11 aromatic heterocycles. The van der Waals surface area contributed by atoms with Crippen molar-refractivity contribution < 1.29 is 0 Å². The molecular formula is C92H120S11. The Hall–Kier alpha value is -3.30. The van der Waals surface area contributed by atoms with E-state index in [0.717, 1.165) is 38.5 Å². The molecule has 11 aromatic rings. The van der Waals surface area contributed by atoms with Gasteiger partial charge in [0.1, 0.15) is 0 Å². The molecule has 0 amide bonds. The van der Waals surface area contributed by atoms with Crippen molar-refractivity contribution in [2.45, 2.75) is 314 Å². The number of thiophene rings is 11. The van der Waals surface area contributed by atoms with Gasteiger partial charge >= 0.3 is 0 Å². The Bertz CT molecular complexity index is 4090. The lowest BCUT2D eigenvalue weighted by Crippen LogP contribution is -1.94. The van der Waals surface area contributed by atoms with E-state index in [0.29, 0.717) is 0 Å². The normalized spacial score (nSPS) is 11.9. The maximum Gasteiger partial charge on any atom is 0.0484 e. The van der Waals surface area contributed by atoms with Gasteiger partial charge < -0.3 is 0 Å². The molecule has 11 heteroatoms. The van der Waals surface area contributed by atoms with Crippen molar-refractivity contribution in [2.24, 2.45) is 0 Å². The zero-order chi connectivity index (χ0) is 72.2. The molecule has 0 atom stereocenters. The Morgan fingerprint density at radius 1 is 0.165 bits per heavy atom. The largest absolute Gasteiger partial charge is 0.142 e. The molecule has 0 saturated carbocycles. The lowest BCUT2D eigenvalue weighted by Gasteiger charge is -2.09. The second-order valence-electron chi connectivity index (χ2n) is 29.1. The number of hydrogen-bond acceptors (Lipinski definition) is 11. The van der Waals surface area contributed by atoms with Crippen LogP contribution in [-0.4, -0.2) is 0 Å². The van der Waals surface area contributed by atoms with E-state index >= 15 is 0 Å². The third kappa shape index (κ3) is 19.1. The average Bonchev–Trinajstić information content (AvgIpc) is 1.61. The van der Waals surface area contributed by atoms with E-state index in [9.17, 15) is 0 Å². The first-order valence-electron chi connectivity index (χ1n) is 40.9. The highest BCUT2D eigenvalue weighted by Crippen LogP contribution is 2.57. The molecule has 0 aromatic carbocycles. The molecule has 0 aliphatic rings. The van der Waals surface area contributed by atoms with Gasteiger partial charge in [-0.1, -0.05) is 160 Å². The van der Waals surface area contributed by atoms with E-state index in [1.165, 1.54) is 241 Å². The van der Waals surface area contributed by atoms with Gasteiger partial charge in [0.05, 0.1) is 0 Å². The molecule has 0 unspecified atom stereocenters. The Kier molecular flexibility index (Phi) is 32.1. The molecule has 0 saturated heterocycles. The summed E-state index contributed by atoms with van der Waals surface area (Å²) in [5.74, 6) is 0. The summed E-state index contributed by atoms with van der Waals surface area (Å²) in [6, 6.07) is 25.3. The van der Waals surface area contributed by atoms with E-state index < -0.39 is 0 Å². The third-order valence-corrected chi connectivity index (χ3v) is 35.6. The van der Waals surface area contributed by atoms with Crippen LogP contribution in [0.3, 0.4) is 0 Å². The Balaban J connectivity index is 0.965. The van der Waals surface area contributed by atoms with Crippen molar-refractivity contribution in [1.82, 2.24) is 0 Å². The van der Waals surface area contributed by atoms with Gasteiger partial charge in [-0.05, 0) is 292 Å². The van der Waals surface area contributed by atoms with Crippen LogP contribution < -0.4 is 0 Å². The van der Waals surface area contributed by atoms with Crippen LogP contribution in [0.5, 0.6) is 0 Å². The van der Waals surface area contributed by atoms with Crippen LogP contribution >= 0.6 is 125 Å². The SMILES string of the molecule is CCCCc1csc(-c2ccc(-c3sc(-c4ccc(-c5sc(-c6ccc(-c7sc(-c8ccc(-c9sc(-c%10ccc(-c%11scc(CCCC)c%11CCCC)s%10)c(CCCC)c9CCCC)s8)c(CCCC)c7CCCC)s6)c(CCCC)c5CCCC)s4)c(CCCC)c3CCCC)s2)c1CCCC. The summed E-state index contributed by atoms with van der Waals surface area (Å²) in [6.45, 7) is 28.5. The van der Waals surface area contributed by atoms with E-state index in [-0.39, 0.29) is 0 Å². The Morgan fingerprint density at radius 3 is 0.476 bits per heavy atom. The van der Waals surface area contributed by atoms with Crippen LogP contribution in [0.15, 0.2) is 71.4 Å². The Morgan fingerprint density at radius 2 is 0.311 bits per heavy atom. The molecule has 0 spiro atoms. The maximum absolute atomic E-state index is 2.55. The quantitative estimate of drug-likeness (QED) is 0.0357. The molecule has 11 heterocycles. The predicted octanol–water partition coefficient (Wildman–Crippen LogP) is 35.1. The van der Waals surface area contributed by atoms with Gasteiger partial charge in [0, 0.05) is 97.5 Å². The standard InChI is InChI=1S/C92H120S11/c1-13-25-37-61-59-93-83(63(61)39-27-15-3)73-49-51-75(95-73)85-65(41-29-17-5)67(43-31-19-7)87(100-85)77-53-55-79(97-77)89-69(45-33-21-9)71(47-35-23-11)91(102-89)81-57-58-82(99-81)92-72(48-36-24-12)70(46-34-22-10)90(103-92)80-56-54-78(98-80)88-68(44-32-20-8)66(42-30-18-6)86(101-88)76-52-50-74(96-76)84-64(40-28-16-4)62(60-94-84)38-26-14-2/h49-60H,13-48H2,1-12H3. The van der Waals surface area contributed by atoms with Crippen molar-refractivity contribution >= 4 is 125 Å². The van der Waals surface area contributed by atoms with Gasteiger partial charge in [-0.2, -0.15) is 0 Å². The molecule has 103 heavy (non-hydrogen) atoms. The fraction of sp³-hybridized carbons (Fsp3) is 0.522. The van der Waals surface area contributed by atoms with Crippen LogP contribution in [-0.2, 0) is 77.0 Å². The molecule has 11 rings (SSSR count). The van der Waals surface area contributed by atoms with Crippen LogP contribution in [0.2, 0.25) is 0 Å². The first-order valence-corrected chi connectivity index (χ1v) is 50.0. The fourth-order valence-corrected chi connectivity index (χ4v) is 29.5. The summed E-state index contributed by atoms with van der Waals surface area (Å²) in [5, 5.41) is 5.02. The van der Waals surface area contributed by atoms with Gasteiger partial charge in [0.2, 0.25) is 0 Å². The van der Waals surface area contributed by atoms with Crippen molar-refractivity contribution in [3.05, 3.63) is 138 Å². The van der Waals surface area contributed by atoms with Crippen LogP contribution in [0.1, 0.15) is 304 Å². The fourth-order valence-electron chi connectivity index (χ4n) is 15.1. The smallest absolute Gasteiger partial charge is 0.0484 e. The first-order chi connectivity index (χ1) is 50.6. The van der Waals surface area contributed by atoms with Gasteiger partial charge in [-0.3, -0.25) is 0 Å². The Labute approximate surface area is 668 Å². The topological polar surface area (TPSA) is 0 Å². The zero-order valence-electron chi connectivity index (χ0n) is 64.9. The summed E-state index contributed by atoms with van der Waals surface area (Å²) >= 11 is 23.0. The third-order valence-electron chi connectivity index (χ3n) is 21.1. The maximum atomic E-state index is 2.55. The van der Waals surface area contributed by atoms with Crippen molar-refractivity contribution in [2.75, 3.05) is 0 Å². The first kappa shape index (κ1) is 80.7.